The van der Waals surface area contributed by atoms with Gasteiger partial charge in [-0.15, -0.1) is 0 Å². The van der Waals surface area contributed by atoms with Gasteiger partial charge < -0.3 is 15.0 Å². The van der Waals surface area contributed by atoms with Gasteiger partial charge in [-0.1, -0.05) is 54.7 Å². The molecule has 11 heteroatoms. The summed E-state index contributed by atoms with van der Waals surface area (Å²) >= 11 is 0. The van der Waals surface area contributed by atoms with Gasteiger partial charge in [0.1, 0.15) is 0 Å². The zero-order valence-corrected chi connectivity index (χ0v) is 24.6. The number of urea groups is 1. The van der Waals surface area contributed by atoms with Crippen molar-refractivity contribution in [3.63, 3.8) is 0 Å². The number of ether oxygens (including phenoxy) is 1. The fraction of sp³-hybridized carbons (Fsp3) is 0.484. The molecule has 1 aliphatic rings. The van der Waals surface area contributed by atoms with Crippen LogP contribution < -0.4 is 5.32 Å². The molecule has 11 nitrogen and oxygen atoms in total. The van der Waals surface area contributed by atoms with Crippen LogP contribution in [0.1, 0.15) is 87.1 Å². The van der Waals surface area contributed by atoms with Gasteiger partial charge in [-0.2, -0.15) is 0 Å². The molecule has 0 unspecified atom stereocenters. The molecular formula is C31H40N6O5. The molecule has 0 aromatic heterocycles. The molecule has 0 saturated heterocycles. The molecule has 42 heavy (non-hydrogen) atoms. The maximum absolute atomic E-state index is 14.0. The second-order valence-electron chi connectivity index (χ2n) is 10.5. The maximum Gasteiger partial charge on any atom is 0.326 e. The number of amides is 4. The first-order valence-corrected chi connectivity index (χ1v) is 14.5. The highest BCUT2D eigenvalue weighted by Gasteiger charge is 2.34. The fourth-order valence-corrected chi connectivity index (χ4v) is 5.39. The van der Waals surface area contributed by atoms with E-state index in [-0.39, 0.29) is 41.5 Å². The number of hydrogen-bond acceptors (Lipinski definition) is 6. The number of azide groups is 1. The molecule has 4 amide bonds. The van der Waals surface area contributed by atoms with E-state index in [2.05, 4.69) is 15.3 Å². The molecule has 1 N–H and O–H groups in total. The molecule has 0 spiro atoms. The highest BCUT2D eigenvalue weighted by Crippen LogP contribution is 2.31. The van der Waals surface area contributed by atoms with Gasteiger partial charge in [0.25, 0.3) is 5.91 Å². The minimum absolute atomic E-state index is 0.0463. The van der Waals surface area contributed by atoms with Crippen LogP contribution in [0.4, 0.5) is 16.2 Å². The molecule has 3 rings (SSSR count). The first-order chi connectivity index (χ1) is 20.2. The van der Waals surface area contributed by atoms with Crippen molar-refractivity contribution < 1.29 is 23.9 Å². The Bertz CT molecular complexity index is 1290. The predicted molar refractivity (Wildman–Crippen MR) is 160 cm³/mol. The van der Waals surface area contributed by atoms with Gasteiger partial charge in [-0.25, -0.2) is 4.79 Å². The number of esters is 1. The minimum Gasteiger partial charge on any atom is -0.466 e. The molecule has 1 aliphatic carbocycles. The molecular weight excluding hydrogens is 536 g/mol. The van der Waals surface area contributed by atoms with Crippen LogP contribution in [0.2, 0.25) is 0 Å². The number of rotatable bonds is 12. The molecule has 2 aromatic carbocycles. The normalized spacial score (nSPS) is 13.8. The van der Waals surface area contributed by atoms with E-state index in [1.54, 1.807) is 20.0 Å². The summed E-state index contributed by atoms with van der Waals surface area (Å²) in [4.78, 5) is 57.5. The average molecular weight is 577 g/mol. The highest BCUT2D eigenvalue weighted by molar-refractivity contribution is 6.08. The van der Waals surface area contributed by atoms with E-state index in [9.17, 15) is 19.2 Å². The Morgan fingerprint density at radius 2 is 1.81 bits per heavy atom. The number of hydrogen-bond donors (Lipinski definition) is 1. The molecule has 1 atom stereocenters. The fourth-order valence-electron chi connectivity index (χ4n) is 5.39. The smallest absolute Gasteiger partial charge is 0.326 e. The van der Waals surface area contributed by atoms with Gasteiger partial charge in [0.05, 0.1) is 24.3 Å². The monoisotopic (exact) mass is 576 g/mol. The van der Waals surface area contributed by atoms with Crippen LogP contribution in [-0.4, -0.2) is 59.9 Å². The van der Waals surface area contributed by atoms with Crippen LogP contribution in [0.15, 0.2) is 53.6 Å². The lowest BCUT2D eigenvalue weighted by Gasteiger charge is -2.35. The first kappa shape index (κ1) is 32.1. The average Bonchev–Trinajstić information content (AvgIpc) is 2.98. The van der Waals surface area contributed by atoms with E-state index in [4.69, 9.17) is 10.3 Å². The van der Waals surface area contributed by atoms with E-state index in [0.717, 1.165) is 24.8 Å². The Balaban J connectivity index is 1.81. The standard InChI is InChI=1S/C31H40N6O5/c1-4-42-29(39)20-24(23-12-7-5-8-13-23)14-11-19-36(3)31(41)37(26-15-9-6-10-16-26)30(40)27-21-25(33-22(2)38)17-18-28(27)34-35-32/h5,7-8,12-13,17-18,21,24,26H,4,6,9-11,14-16,19-20H2,1-3H3,(H,33,38)/t24-/m1/s1. The molecule has 0 aliphatic heterocycles. The number of nitrogens with zero attached hydrogens (tertiary/aromatic N) is 5. The minimum atomic E-state index is -0.571. The lowest BCUT2D eigenvalue weighted by molar-refractivity contribution is -0.143. The van der Waals surface area contributed by atoms with Crippen molar-refractivity contribution in [2.75, 3.05) is 25.5 Å². The number of benzene rings is 2. The van der Waals surface area contributed by atoms with Crippen molar-refractivity contribution >= 4 is 35.2 Å². The summed E-state index contributed by atoms with van der Waals surface area (Å²) in [6.07, 6.45) is 5.70. The summed E-state index contributed by atoms with van der Waals surface area (Å²) < 4.78 is 5.18. The van der Waals surface area contributed by atoms with Crippen molar-refractivity contribution in [1.29, 1.82) is 0 Å². The number of anilines is 1. The van der Waals surface area contributed by atoms with Gasteiger partial charge in [-0.05, 0) is 67.8 Å². The van der Waals surface area contributed by atoms with Crippen molar-refractivity contribution in [2.24, 2.45) is 5.11 Å². The van der Waals surface area contributed by atoms with Crippen molar-refractivity contribution in [2.45, 2.75) is 77.2 Å². The summed E-state index contributed by atoms with van der Waals surface area (Å²) in [5.74, 6) is -1.21. The molecule has 0 bridgehead atoms. The van der Waals surface area contributed by atoms with E-state index < -0.39 is 11.9 Å². The summed E-state index contributed by atoms with van der Waals surface area (Å²) in [6.45, 7) is 3.82. The summed E-state index contributed by atoms with van der Waals surface area (Å²) in [5.41, 5.74) is 10.6. The van der Waals surface area contributed by atoms with Gasteiger partial charge >= 0.3 is 12.0 Å². The zero-order valence-electron chi connectivity index (χ0n) is 24.6. The molecule has 0 radical (unpaired) electrons. The van der Waals surface area contributed by atoms with Gasteiger partial charge in [0.2, 0.25) is 5.91 Å². The summed E-state index contributed by atoms with van der Waals surface area (Å²) in [7, 11) is 1.66. The van der Waals surface area contributed by atoms with E-state index in [0.29, 0.717) is 44.5 Å². The van der Waals surface area contributed by atoms with Crippen LogP contribution in [-0.2, 0) is 14.3 Å². The van der Waals surface area contributed by atoms with Crippen LogP contribution in [0, 0.1) is 0 Å². The number of imide groups is 1. The van der Waals surface area contributed by atoms with E-state index in [1.165, 1.54) is 28.9 Å². The highest BCUT2D eigenvalue weighted by atomic mass is 16.5. The number of nitrogens with one attached hydrogen (secondary N) is 1. The van der Waals surface area contributed by atoms with Crippen LogP contribution in [0.3, 0.4) is 0 Å². The Morgan fingerprint density at radius 1 is 1.10 bits per heavy atom. The van der Waals surface area contributed by atoms with Crippen molar-refractivity contribution in [1.82, 2.24) is 9.80 Å². The lowest BCUT2D eigenvalue weighted by Crippen LogP contribution is -2.51. The van der Waals surface area contributed by atoms with Gasteiger partial charge in [-0.3, -0.25) is 19.3 Å². The van der Waals surface area contributed by atoms with E-state index in [1.807, 2.05) is 30.3 Å². The Kier molecular flexibility index (Phi) is 12.4. The molecule has 0 heterocycles. The summed E-state index contributed by atoms with van der Waals surface area (Å²) in [5, 5.41) is 6.31. The quantitative estimate of drug-likeness (QED) is 0.126. The van der Waals surface area contributed by atoms with Crippen molar-refractivity contribution in [3.05, 3.63) is 70.1 Å². The Labute approximate surface area is 246 Å². The zero-order chi connectivity index (χ0) is 30.5. The van der Waals surface area contributed by atoms with E-state index >= 15 is 0 Å². The SMILES string of the molecule is CCOC(=O)C[C@@H](CCCN(C)C(=O)N(C(=O)c1cc(NC(C)=O)ccc1N=[N+]=[N-])C1CCCCC1)c1ccccc1. The van der Waals surface area contributed by atoms with Crippen LogP contribution in [0.5, 0.6) is 0 Å². The second-order valence-corrected chi connectivity index (χ2v) is 10.5. The lowest BCUT2D eigenvalue weighted by atomic mass is 9.91. The molecule has 2 aromatic rings. The van der Waals surface area contributed by atoms with Crippen LogP contribution in [0.25, 0.3) is 10.4 Å². The molecule has 224 valence electrons. The third-order valence-corrected chi connectivity index (χ3v) is 7.43. The third kappa shape index (κ3) is 9.07. The Morgan fingerprint density at radius 3 is 2.45 bits per heavy atom. The van der Waals surface area contributed by atoms with Crippen LogP contribution >= 0.6 is 0 Å². The molecule has 1 fully saturated rings. The number of carbonyl (C=O) groups is 4. The van der Waals surface area contributed by atoms with Crippen molar-refractivity contribution in [3.8, 4) is 0 Å². The predicted octanol–water partition coefficient (Wildman–Crippen LogP) is 6.93. The summed E-state index contributed by atoms with van der Waals surface area (Å²) in [6, 6.07) is 13.5. The first-order valence-electron chi connectivity index (χ1n) is 14.5. The maximum atomic E-state index is 14.0. The Hall–Kier alpha value is -4.37. The third-order valence-electron chi connectivity index (χ3n) is 7.43. The largest absolute Gasteiger partial charge is 0.466 e. The van der Waals surface area contributed by atoms with Gasteiger partial charge in [0.15, 0.2) is 0 Å². The second kappa shape index (κ2) is 16.2. The van der Waals surface area contributed by atoms with Gasteiger partial charge in [0, 0.05) is 37.2 Å². The molecule has 1 saturated carbocycles. The number of carbonyl (C=O) groups excluding carboxylic acids is 4. The topological polar surface area (TPSA) is 145 Å².